The van der Waals surface area contributed by atoms with Gasteiger partial charge in [0.25, 0.3) is 0 Å². The number of benzene rings is 1. The minimum Gasteiger partial charge on any atom is -0.508 e. The summed E-state index contributed by atoms with van der Waals surface area (Å²) < 4.78 is 5.48. The third-order valence-corrected chi connectivity index (χ3v) is 4.02. The van der Waals surface area contributed by atoms with Crippen LogP contribution in [0.4, 0.5) is 0 Å². The number of ether oxygens (including phenoxy) is 1. The molecular weight excluding hydrogens is 252 g/mol. The highest BCUT2D eigenvalue weighted by Gasteiger charge is 2.32. The quantitative estimate of drug-likeness (QED) is 0.633. The van der Waals surface area contributed by atoms with Crippen molar-refractivity contribution in [2.45, 2.75) is 44.4 Å². The van der Waals surface area contributed by atoms with E-state index in [0.29, 0.717) is 13.2 Å². The van der Waals surface area contributed by atoms with E-state index in [2.05, 4.69) is 19.1 Å². The van der Waals surface area contributed by atoms with Gasteiger partial charge < -0.3 is 14.9 Å². The van der Waals surface area contributed by atoms with Gasteiger partial charge in [0.2, 0.25) is 0 Å². The van der Waals surface area contributed by atoms with Crippen molar-refractivity contribution < 1.29 is 14.9 Å². The van der Waals surface area contributed by atoms with E-state index < -0.39 is 0 Å². The van der Waals surface area contributed by atoms with E-state index in [9.17, 15) is 10.2 Å². The summed E-state index contributed by atoms with van der Waals surface area (Å²) in [5.74, 6) is 0.237. The molecule has 0 saturated carbocycles. The van der Waals surface area contributed by atoms with Crippen molar-refractivity contribution in [2.24, 2.45) is 0 Å². The Balaban J connectivity index is 2.28. The first-order valence-corrected chi connectivity index (χ1v) is 7.45. The van der Waals surface area contributed by atoms with Crippen LogP contribution in [0, 0.1) is 0 Å². The number of rotatable bonds is 5. The predicted molar refractivity (Wildman–Crippen MR) is 80.2 cm³/mol. The predicted octanol–water partition coefficient (Wildman–Crippen LogP) is 3.89. The maximum Gasteiger partial charge on any atom is 0.119 e. The molecule has 0 aliphatic carbocycles. The van der Waals surface area contributed by atoms with Gasteiger partial charge in [-0.1, -0.05) is 31.9 Å². The van der Waals surface area contributed by atoms with Gasteiger partial charge in [-0.15, -0.1) is 0 Å². The number of phenolic OH excluding ortho intramolecular Hbond substituents is 2. The van der Waals surface area contributed by atoms with Gasteiger partial charge in [0.1, 0.15) is 11.5 Å². The number of hydrogen-bond acceptors (Lipinski definition) is 3. The fourth-order valence-corrected chi connectivity index (χ4v) is 2.80. The molecular formula is C17H24O3. The summed E-state index contributed by atoms with van der Waals surface area (Å²) in [6.45, 7) is 3.62. The molecule has 3 heteroatoms. The molecule has 1 fully saturated rings. The van der Waals surface area contributed by atoms with Crippen molar-refractivity contribution in [3.63, 3.8) is 0 Å². The van der Waals surface area contributed by atoms with Crippen LogP contribution >= 0.6 is 0 Å². The molecule has 1 saturated heterocycles. The molecule has 110 valence electrons. The summed E-state index contributed by atoms with van der Waals surface area (Å²) in [6.07, 6.45) is 9.71. The van der Waals surface area contributed by atoms with Gasteiger partial charge in [-0.05, 0) is 37.0 Å². The van der Waals surface area contributed by atoms with Crippen molar-refractivity contribution in [3.05, 3.63) is 35.9 Å². The van der Waals surface area contributed by atoms with Crippen LogP contribution in [0.25, 0.3) is 0 Å². The SMILES string of the molecule is CCCC/C=C\C1(c2cc(O)cc(O)c2)CCOCC1. The van der Waals surface area contributed by atoms with Crippen LogP contribution in [0.2, 0.25) is 0 Å². The Morgan fingerprint density at radius 3 is 2.40 bits per heavy atom. The minimum absolute atomic E-state index is 0.118. The maximum atomic E-state index is 9.73. The average molecular weight is 276 g/mol. The third kappa shape index (κ3) is 3.54. The number of unbranched alkanes of at least 4 members (excludes halogenated alkanes) is 2. The number of hydrogen-bond donors (Lipinski definition) is 2. The zero-order valence-corrected chi connectivity index (χ0v) is 12.1. The van der Waals surface area contributed by atoms with E-state index in [-0.39, 0.29) is 16.9 Å². The molecule has 0 radical (unpaired) electrons. The Bertz CT molecular complexity index is 439. The van der Waals surface area contributed by atoms with E-state index in [1.54, 1.807) is 12.1 Å². The van der Waals surface area contributed by atoms with Crippen LogP contribution < -0.4 is 0 Å². The normalized spacial score (nSPS) is 18.4. The molecule has 3 nitrogen and oxygen atoms in total. The molecule has 0 unspecified atom stereocenters. The summed E-state index contributed by atoms with van der Waals surface area (Å²) in [5.41, 5.74) is 0.855. The Morgan fingerprint density at radius 1 is 1.15 bits per heavy atom. The molecule has 2 rings (SSSR count). The number of phenols is 2. The molecule has 0 amide bonds. The zero-order valence-electron chi connectivity index (χ0n) is 12.1. The van der Waals surface area contributed by atoms with E-state index in [1.165, 1.54) is 18.9 Å². The minimum atomic E-state index is -0.123. The lowest BCUT2D eigenvalue weighted by atomic mass is 9.73. The summed E-state index contributed by atoms with van der Waals surface area (Å²) >= 11 is 0. The molecule has 1 heterocycles. The second-order valence-corrected chi connectivity index (χ2v) is 5.55. The monoisotopic (exact) mass is 276 g/mol. The summed E-state index contributed by atoms with van der Waals surface area (Å²) in [7, 11) is 0. The molecule has 1 aliphatic heterocycles. The number of aromatic hydroxyl groups is 2. The van der Waals surface area contributed by atoms with Crippen LogP contribution in [-0.4, -0.2) is 23.4 Å². The first kappa shape index (κ1) is 14.9. The molecule has 1 aliphatic rings. The van der Waals surface area contributed by atoms with Gasteiger partial charge >= 0.3 is 0 Å². The smallest absolute Gasteiger partial charge is 0.119 e. The zero-order chi connectivity index (χ0) is 14.4. The van der Waals surface area contributed by atoms with E-state index in [0.717, 1.165) is 24.8 Å². The number of allylic oxidation sites excluding steroid dienone is 2. The first-order valence-electron chi connectivity index (χ1n) is 7.45. The summed E-state index contributed by atoms with van der Waals surface area (Å²) in [5, 5.41) is 19.5. The fourth-order valence-electron chi connectivity index (χ4n) is 2.80. The second kappa shape index (κ2) is 6.80. The van der Waals surface area contributed by atoms with Crippen LogP contribution in [0.1, 0.15) is 44.6 Å². The van der Waals surface area contributed by atoms with Crippen molar-refractivity contribution in [3.8, 4) is 11.5 Å². The molecule has 1 aromatic rings. The Labute approximate surface area is 120 Å². The van der Waals surface area contributed by atoms with Gasteiger partial charge in [-0.3, -0.25) is 0 Å². The average Bonchev–Trinajstić information content (AvgIpc) is 2.44. The molecule has 2 N–H and O–H groups in total. The maximum absolute atomic E-state index is 9.73. The molecule has 0 spiro atoms. The van der Waals surface area contributed by atoms with E-state index in [1.807, 2.05) is 0 Å². The molecule has 20 heavy (non-hydrogen) atoms. The lowest BCUT2D eigenvalue weighted by Crippen LogP contribution is -2.31. The summed E-state index contributed by atoms with van der Waals surface area (Å²) in [4.78, 5) is 0. The molecule has 0 aromatic heterocycles. The molecule has 0 bridgehead atoms. The van der Waals surface area contributed by atoms with E-state index in [4.69, 9.17) is 4.74 Å². The van der Waals surface area contributed by atoms with Gasteiger partial charge in [0.05, 0.1) is 0 Å². The highest BCUT2D eigenvalue weighted by Crippen LogP contribution is 2.39. The van der Waals surface area contributed by atoms with Crippen LogP contribution in [0.3, 0.4) is 0 Å². The topological polar surface area (TPSA) is 49.7 Å². The third-order valence-electron chi connectivity index (χ3n) is 4.02. The van der Waals surface area contributed by atoms with Crippen molar-refractivity contribution in [2.75, 3.05) is 13.2 Å². The van der Waals surface area contributed by atoms with Crippen LogP contribution in [0.15, 0.2) is 30.4 Å². The first-order chi connectivity index (χ1) is 9.66. The Morgan fingerprint density at radius 2 is 1.80 bits per heavy atom. The van der Waals surface area contributed by atoms with Crippen molar-refractivity contribution in [1.29, 1.82) is 0 Å². The van der Waals surface area contributed by atoms with Gasteiger partial charge in [-0.2, -0.15) is 0 Å². The fraction of sp³-hybridized carbons (Fsp3) is 0.529. The van der Waals surface area contributed by atoms with Gasteiger partial charge in [0, 0.05) is 24.7 Å². The molecule has 1 aromatic carbocycles. The van der Waals surface area contributed by atoms with Crippen LogP contribution in [-0.2, 0) is 10.2 Å². The van der Waals surface area contributed by atoms with E-state index >= 15 is 0 Å². The Hall–Kier alpha value is -1.48. The standard InChI is InChI=1S/C17H24O3/c1-2-3-4-5-6-17(7-9-20-10-8-17)14-11-15(18)13-16(19)12-14/h5-6,11-13,18-19H,2-4,7-10H2,1H3/b6-5-. The molecule has 0 atom stereocenters. The lowest BCUT2D eigenvalue weighted by molar-refractivity contribution is 0.0652. The summed E-state index contributed by atoms with van der Waals surface area (Å²) in [6, 6.07) is 4.89. The van der Waals surface area contributed by atoms with Gasteiger partial charge in [0.15, 0.2) is 0 Å². The highest BCUT2D eigenvalue weighted by molar-refractivity contribution is 5.43. The lowest BCUT2D eigenvalue weighted by Gasteiger charge is -2.35. The second-order valence-electron chi connectivity index (χ2n) is 5.55. The highest BCUT2D eigenvalue weighted by atomic mass is 16.5. The van der Waals surface area contributed by atoms with Crippen molar-refractivity contribution in [1.82, 2.24) is 0 Å². The Kier molecular flexibility index (Phi) is 5.07. The van der Waals surface area contributed by atoms with Gasteiger partial charge in [-0.25, -0.2) is 0 Å². The van der Waals surface area contributed by atoms with Crippen molar-refractivity contribution >= 4 is 0 Å². The largest absolute Gasteiger partial charge is 0.508 e. The van der Waals surface area contributed by atoms with Crippen LogP contribution in [0.5, 0.6) is 11.5 Å².